The zero-order chi connectivity index (χ0) is 7.11. The van der Waals surface area contributed by atoms with Gasteiger partial charge >= 0.3 is 0 Å². The highest BCUT2D eigenvalue weighted by Crippen LogP contribution is 2.16. The van der Waals surface area contributed by atoms with Crippen molar-refractivity contribution >= 4 is 23.4 Å². The van der Waals surface area contributed by atoms with Gasteiger partial charge in [0.2, 0.25) is 0 Å². The van der Waals surface area contributed by atoms with E-state index in [0.29, 0.717) is 6.61 Å². The molecule has 0 aromatic heterocycles. The average Bonchev–Trinajstić information content (AvgIpc) is 1.88. The molecule has 0 aliphatic carbocycles. The highest BCUT2D eigenvalue weighted by atomic mass is 35.5. The lowest BCUT2D eigenvalue weighted by molar-refractivity contribution is 0.258. The number of rotatable bonds is 4. The van der Waals surface area contributed by atoms with Crippen molar-refractivity contribution < 1.29 is 4.74 Å². The molecule has 0 radical (unpaired) electrons. The fourth-order valence-electron chi connectivity index (χ4n) is 0.389. The summed E-state index contributed by atoms with van der Waals surface area (Å²) in [6, 6.07) is 0. The van der Waals surface area contributed by atoms with E-state index in [0.717, 1.165) is 10.8 Å². The van der Waals surface area contributed by atoms with Gasteiger partial charge in [-0.1, -0.05) is 30.3 Å². The van der Waals surface area contributed by atoms with Gasteiger partial charge in [-0.05, 0) is 12.7 Å². The molecule has 0 aliphatic heterocycles. The predicted molar refractivity (Wildman–Crippen MR) is 43.7 cm³/mol. The highest BCUT2D eigenvalue weighted by Gasteiger charge is 1.92. The van der Waals surface area contributed by atoms with E-state index < -0.39 is 0 Å². The summed E-state index contributed by atoms with van der Waals surface area (Å²) in [5, 5.41) is 0.807. The lowest BCUT2D eigenvalue weighted by Crippen LogP contribution is -1.85. The Kier molecular flexibility index (Phi) is 6.43. The van der Waals surface area contributed by atoms with E-state index in [1.54, 1.807) is 11.8 Å². The molecule has 0 bridgehead atoms. The van der Waals surface area contributed by atoms with Crippen LogP contribution >= 0.6 is 23.4 Å². The third-order valence-electron chi connectivity index (χ3n) is 0.662. The molecule has 3 heteroatoms. The zero-order valence-corrected chi connectivity index (χ0v) is 7.26. The maximum absolute atomic E-state index is 5.42. The van der Waals surface area contributed by atoms with E-state index in [4.69, 9.17) is 16.3 Å². The minimum atomic E-state index is 0.686. The van der Waals surface area contributed by atoms with Crippen molar-refractivity contribution in [3.8, 4) is 0 Å². The highest BCUT2D eigenvalue weighted by molar-refractivity contribution is 8.02. The molecule has 1 nitrogen and oxygen atoms in total. The molecule has 0 saturated heterocycles. The average molecular weight is 167 g/mol. The van der Waals surface area contributed by atoms with Gasteiger partial charge < -0.3 is 4.74 Å². The number of halogens is 1. The van der Waals surface area contributed by atoms with Crippen LogP contribution in [0, 0.1) is 0 Å². The standard InChI is InChI=1S/C6H11ClOS/c1-3-8-6(5-7)9-4-2/h5H,3-4H2,1-2H3/b6-5-. The molecule has 0 atom stereocenters. The molecule has 0 N–H and O–H groups in total. The summed E-state index contributed by atoms with van der Waals surface area (Å²) in [7, 11) is 0. The van der Waals surface area contributed by atoms with Crippen molar-refractivity contribution in [3.63, 3.8) is 0 Å². The number of hydrogen-bond acceptors (Lipinski definition) is 2. The number of hydrogen-bond donors (Lipinski definition) is 0. The fraction of sp³-hybridized carbons (Fsp3) is 0.667. The molecule has 0 aromatic rings. The lowest BCUT2D eigenvalue weighted by Gasteiger charge is -2.03. The Morgan fingerprint density at radius 3 is 2.67 bits per heavy atom. The molecule has 0 saturated carbocycles. The first kappa shape index (κ1) is 9.18. The third-order valence-corrected chi connectivity index (χ3v) is 1.80. The molecule has 0 unspecified atom stereocenters. The van der Waals surface area contributed by atoms with E-state index in [-0.39, 0.29) is 0 Å². The van der Waals surface area contributed by atoms with Gasteiger partial charge in [0.15, 0.2) is 5.09 Å². The summed E-state index contributed by atoms with van der Waals surface area (Å²) >= 11 is 7.03. The molecule has 9 heavy (non-hydrogen) atoms. The van der Waals surface area contributed by atoms with Gasteiger partial charge in [-0.25, -0.2) is 0 Å². The van der Waals surface area contributed by atoms with Gasteiger partial charge in [0.25, 0.3) is 0 Å². The van der Waals surface area contributed by atoms with Crippen molar-refractivity contribution in [1.29, 1.82) is 0 Å². The van der Waals surface area contributed by atoms with Crippen LogP contribution in [0.2, 0.25) is 0 Å². The second kappa shape index (κ2) is 6.30. The van der Waals surface area contributed by atoms with Crippen LogP contribution in [0.1, 0.15) is 13.8 Å². The van der Waals surface area contributed by atoms with E-state index in [1.165, 1.54) is 5.54 Å². The van der Waals surface area contributed by atoms with Crippen molar-refractivity contribution in [1.82, 2.24) is 0 Å². The van der Waals surface area contributed by atoms with E-state index in [9.17, 15) is 0 Å². The van der Waals surface area contributed by atoms with Crippen LogP contribution in [0.5, 0.6) is 0 Å². The van der Waals surface area contributed by atoms with Gasteiger partial charge in [-0.3, -0.25) is 0 Å². The van der Waals surface area contributed by atoms with Gasteiger partial charge in [-0.2, -0.15) is 0 Å². The second-order valence-corrected chi connectivity index (χ2v) is 2.78. The smallest absolute Gasteiger partial charge is 0.164 e. The maximum Gasteiger partial charge on any atom is 0.164 e. The second-order valence-electron chi connectivity index (χ2n) is 1.29. The summed E-state index contributed by atoms with van der Waals surface area (Å²) in [6.07, 6.45) is 0. The molecule has 0 rings (SSSR count). The van der Waals surface area contributed by atoms with Gasteiger partial charge in [0.05, 0.1) is 12.1 Å². The van der Waals surface area contributed by atoms with Crippen LogP contribution in [0.25, 0.3) is 0 Å². The topological polar surface area (TPSA) is 9.23 Å². The molecular weight excluding hydrogens is 156 g/mol. The molecule has 54 valence electrons. The molecule has 0 amide bonds. The van der Waals surface area contributed by atoms with Gasteiger partial charge in [0, 0.05) is 0 Å². The Labute approximate surface area is 65.4 Å². The molecule has 0 fully saturated rings. The van der Waals surface area contributed by atoms with Crippen LogP contribution in [0.4, 0.5) is 0 Å². The van der Waals surface area contributed by atoms with Crippen LogP contribution in [0.15, 0.2) is 10.6 Å². The SMILES string of the molecule is CCO/C(=C/Cl)SCC. The van der Waals surface area contributed by atoms with Gasteiger partial charge in [-0.15, -0.1) is 0 Å². The summed E-state index contributed by atoms with van der Waals surface area (Å²) in [5.74, 6) is 0.999. The fourth-order valence-corrected chi connectivity index (χ4v) is 1.19. The van der Waals surface area contributed by atoms with Crippen molar-refractivity contribution in [3.05, 3.63) is 10.6 Å². The Morgan fingerprint density at radius 2 is 2.33 bits per heavy atom. The van der Waals surface area contributed by atoms with E-state index in [2.05, 4.69) is 6.92 Å². The Hall–Kier alpha value is 0.180. The predicted octanol–water partition coefficient (Wildman–Crippen LogP) is 2.81. The Balaban J connectivity index is 3.43. The van der Waals surface area contributed by atoms with Crippen LogP contribution in [0.3, 0.4) is 0 Å². The first-order valence-electron chi connectivity index (χ1n) is 2.91. The Bertz CT molecular complexity index is 85.1. The zero-order valence-electron chi connectivity index (χ0n) is 5.69. The minimum absolute atomic E-state index is 0.686. The Morgan fingerprint density at radius 1 is 1.67 bits per heavy atom. The monoisotopic (exact) mass is 166 g/mol. The summed E-state index contributed by atoms with van der Waals surface area (Å²) < 4.78 is 5.12. The molecular formula is C6H11ClOS. The van der Waals surface area contributed by atoms with Crippen LogP contribution < -0.4 is 0 Å². The van der Waals surface area contributed by atoms with Crippen molar-refractivity contribution in [2.75, 3.05) is 12.4 Å². The summed E-state index contributed by atoms with van der Waals surface area (Å²) in [5.41, 5.74) is 1.47. The summed E-state index contributed by atoms with van der Waals surface area (Å²) in [4.78, 5) is 0. The minimum Gasteiger partial charge on any atom is -0.487 e. The number of thioether (sulfide) groups is 1. The van der Waals surface area contributed by atoms with Crippen molar-refractivity contribution in [2.24, 2.45) is 0 Å². The van der Waals surface area contributed by atoms with Crippen LogP contribution in [-0.4, -0.2) is 12.4 Å². The maximum atomic E-state index is 5.42. The molecule has 0 spiro atoms. The molecule has 0 aromatic carbocycles. The van der Waals surface area contributed by atoms with E-state index >= 15 is 0 Å². The van der Waals surface area contributed by atoms with Crippen molar-refractivity contribution in [2.45, 2.75) is 13.8 Å². The first-order valence-corrected chi connectivity index (χ1v) is 4.33. The van der Waals surface area contributed by atoms with E-state index in [1.807, 2.05) is 6.92 Å². The van der Waals surface area contributed by atoms with Crippen LogP contribution in [-0.2, 0) is 4.74 Å². The molecule has 0 heterocycles. The largest absolute Gasteiger partial charge is 0.487 e. The normalized spacial score (nSPS) is 11.7. The van der Waals surface area contributed by atoms with Gasteiger partial charge in [0.1, 0.15) is 0 Å². The number of ether oxygens (including phenoxy) is 1. The molecule has 0 aliphatic rings. The third kappa shape index (κ3) is 4.67. The first-order chi connectivity index (χ1) is 4.35. The lowest BCUT2D eigenvalue weighted by atomic mass is 10.9. The summed E-state index contributed by atoms with van der Waals surface area (Å²) in [6.45, 7) is 4.69. The quantitative estimate of drug-likeness (QED) is 0.594.